The summed E-state index contributed by atoms with van der Waals surface area (Å²) in [4.78, 5) is 0. The Labute approximate surface area is 157 Å². The Kier molecular flexibility index (Phi) is 5.09. The molecule has 0 spiro atoms. The fraction of sp³-hybridized carbons (Fsp3) is 0.0667. The molecule has 0 aromatic heterocycles. The molecule has 0 aliphatic heterocycles. The first-order chi connectivity index (χ1) is 13.8. The smallest absolute Gasteiger partial charge is 0.423 e. The van der Waals surface area contributed by atoms with E-state index in [9.17, 15) is 57.7 Å². The SMILES string of the molecule is OB(OC1(F)C(F)=C(F)c2c(F)c(F)c(F)c(F)c21)c1c(F)c(F)c(F)c(F)c1F. The van der Waals surface area contributed by atoms with E-state index >= 15 is 0 Å². The molecule has 1 unspecified atom stereocenters. The lowest BCUT2D eigenvalue weighted by Gasteiger charge is -2.24. The lowest BCUT2D eigenvalue weighted by molar-refractivity contribution is -0.0635. The standard InChI is InChI=1S/C15HBF12O2/c17-4-1-2(6(19)10(23)9(4)22)15(28,14(27)5(1)18)30-16(29)3-7(20)11(24)13(26)12(25)8(3)21/h29H. The Morgan fingerprint density at radius 1 is 0.600 bits per heavy atom. The van der Waals surface area contributed by atoms with Gasteiger partial charge in [-0.15, -0.1) is 0 Å². The molecule has 1 atom stereocenters. The van der Waals surface area contributed by atoms with E-state index in [0.29, 0.717) is 0 Å². The van der Waals surface area contributed by atoms with E-state index in [1.165, 1.54) is 0 Å². The van der Waals surface area contributed by atoms with Crippen LogP contribution in [0.2, 0.25) is 0 Å². The quantitative estimate of drug-likeness (QED) is 0.330. The lowest BCUT2D eigenvalue weighted by atomic mass is 9.77. The van der Waals surface area contributed by atoms with Crippen molar-refractivity contribution in [1.29, 1.82) is 0 Å². The number of hydrogen-bond donors (Lipinski definition) is 1. The maximum absolute atomic E-state index is 14.9. The van der Waals surface area contributed by atoms with Crippen molar-refractivity contribution in [3.05, 3.63) is 69.3 Å². The molecule has 0 radical (unpaired) electrons. The molecule has 30 heavy (non-hydrogen) atoms. The predicted octanol–water partition coefficient (Wildman–Crippen LogP) is 4.09. The highest BCUT2D eigenvalue weighted by Gasteiger charge is 2.56. The molecule has 3 rings (SSSR count). The van der Waals surface area contributed by atoms with Crippen molar-refractivity contribution in [1.82, 2.24) is 0 Å². The third kappa shape index (κ3) is 2.71. The van der Waals surface area contributed by atoms with Gasteiger partial charge in [-0.3, -0.25) is 0 Å². The number of alkyl halides is 1. The van der Waals surface area contributed by atoms with Gasteiger partial charge in [0.15, 0.2) is 58.2 Å². The largest absolute Gasteiger partial charge is 0.500 e. The number of rotatable bonds is 3. The Bertz CT molecular complexity index is 1100. The zero-order valence-electron chi connectivity index (χ0n) is 13.5. The van der Waals surface area contributed by atoms with Gasteiger partial charge in [0.1, 0.15) is 0 Å². The normalized spacial score (nSPS) is 18.3. The lowest BCUT2D eigenvalue weighted by Crippen LogP contribution is -2.45. The van der Waals surface area contributed by atoms with Gasteiger partial charge < -0.3 is 9.68 Å². The van der Waals surface area contributed by atoms with Gasteiger partial charge in [-0.05, 0) is 0 Å². The van der Waals surface area contributed by atoms with Crippen molar-refractivity contribution in [3.63, 3.8) is 0 Å². The number of benzene rings is 2. The summed E-state index contributed by atoms with van der Waals surface area (Å²) in [5.74, 6) is -35.1. The highest BCUT2D eigenvalue weighted by atomic mass is 19.2. The second kappa shape index (κ2) is 6.94. The molecule has 0 heterocycles. The maximum atomic E-state index is 14.9. The molecule has 0 saturated heterocycles. The van der Waals surface area contributed by atoms with Crippen molar-refractivity contribution >= 4 is 18.4 Å². The van der Waals surface area contributed by atoms with E-state index in [2.05, 4.69) is 4.65 Å². The average molecular weight is 452 g/mol. The topological polar surface area (TPSA) is 29.5 Å². The predicted molar refractivity (Wildman–Crippen MR) is 73.1 cm³/mol. The Morgan fingerprint density at radius 3 is 1.50 bits per heavy atom. The van der Waals surface area contributed by atoms with Crippen LogP contribution < -0.4 is 5.46 Å². The summed E-state index contributed by atoms with van der Waals surface area (Å²) in [5.41, 5.74) is -6.86. The molecule has 2 aromatic rings. The van der Waals surface area contributed by atoms with Crippen LogP contribution in [0.3, 0.4) is 0 Å². The zero-order valence-corrected chi connectivity index (χ0v) is 13.5. The highest BCUT2D eigenvalue weighted by molar-refractivity contribution is 6.60. The van der Waals surface area contributed by atoms with Crippen LogP contribution in [0.15, 0.2) is 5.83 Å². The summed E-state index contributed by atoms with van der Waals surface area (Å²) in [5, 5.41) is 9.57. The van der Waals surface area contributed by atoms with Crippen LogP contribution in [-0.2, 0) is 10.5 Å². The van der Waals surface area contributed by atoms with Crippen molar-refractivity contribution in [2.45, 2.75) is 5.85 Å². The summed E-state index contributed by atoms with van der Waals surface area (Å²) >= 11 is 0. The summed E-state index contributed by atoms with van der Waals surface area (Å²) in [7, 11) is -3.67. The van der Waals surface area contributed by atoms with Gasteiger partial charge in [-0.2, -0.15) is 4.39 Å². The van der Waals surface area contributed by atoms with E-state index in [1.807, 2.05) is 0 Å². The molecule has 2 aromatic carbocycles. The van der Waals surface area contributed by atoms with Crippen LogP contribution in [0.25, 0.3) is 5.83 Å². The minimum absolute atomic E-state index is 2.17. The van der Waals surface area contributed by atoms with Crippen LogP contribution in [0.4, 0.5) is 52.7 Å². The zero-order chi connectivity index (χ0) is 22.9. The molecule has 0 fully saturated rings. The first kappa shape index (κ1) is 22.0. The van der Waals surface area contributed by atoms with Gasteiger partial charge in [-0.25, -0.2) is 48.3 Å². The summed E-state index contributed by atoms with van der Waals surface area (Å²) < 4.78 is 167. The van der Waals surface area contributed by atoms with Crippen LogP contribution >= 0.6 is 0 Å². The third-order valence-corrected chi connectivity index (χ3v) is 4.05. The molecular formula is C15HBF12O2. The van der Waals surface area contributed by atoms with Gasteiger partial charge in [0, 0.05) is 0 Å². The van der Waals surface area contributed by atoms with Gasteiger partial charge in [0.05, 0.1) is 16.6 Å². The second-order valence-electron chi connectivity index (χ2n) is 5.68. The highest BCUT2D eigenvalue weighted by Crippen LogP contribution is 2.52. The minimum Gasteiger partial charge on any atom is -0.423 e. The van der Waals surface area contributed by atoms with Gasteiger partial charge >= 0.3 is 7.12 Å². The Balaban J connectivity index is 2.21. The first-order valence-electron chi connectivity index (χ1n) is 7.25. The molecule has 0 saturated carbocycles. The number of halogens is 12. The fourth-order valence-electron chi connectivity index (χ4n) is 2.66. The van der Waals surface area contributed by atoms with E-state index in [0.717, 1.165) is 0 Å². The fourth-order valence-corrected chi connectivity index (χ4v) is 2.66. The molecule has 0 amide bonds. The van der Waals surface area contributed by atoms with E-state index < -0.39 is 93.6 Å². The molecule has 15 heteroatoms. The van der Waals surface area contributed by atoms with Crippen LogP contribution in [0, 0.1) is 52.4 Å². The minimum atomic E-state index is -4.89. The first-order valence-corrected chi connectivity index (χ1v) is 7.25. The van der Waals surface area contributed by atoms with Crippen molar-refractivity contribution in [2.24, 2.45) is 0 Å². The van der Waals surface area contributed by atoms with Gasteiger partial charge in [0.25, 0.3) is 5.85 Å². The number of fused-ring (bicyclic) bond motifs is 1. The van der Waals surface area contributed by atoms with E-state index in [-0.39, 0.29) is 0 Å². The number of hydrogen-bond acceptors (Lipinski definition) is 2. The van der Waals surface area contributed by atoms with Crippen molar-refractivity contribution < 1.29 is 62.4 Å². The molecule has 1 aliphatic carbocycles. The van der Waals surface area contributed by atoms with Crippen molar-refractivity contribution in [3.8, 4) is 0 Å². The molecule has 2 nitrogen and oxygen atoms in total. The monoisotopic (exact) mass is 452 g/mol. The van der Waals surface area contributed by atoms with Gasteiger partial charge in [0.2, 0.25) is 5.83 Å². The Hall–Kier alpha value is -2.68. The van der Waals surface area contributed by atoms with Crippen LogP contribution in [0.1, 0.15) is 11.1 Å². The van der Waals surface area contributed by atoms with E-state index in [1.54, 1.807) is 0 Å². The molecular weight excluding hydrogens is 451 g/mol. The Morgan fingerprint density at radius 2 is 1.00 bits per heavy atom. The molecule has 1 aliphatic rings. The molecule has 160 valence electrons. The molecule has 1 N–H and O–H groups in total. The summed E-state index contributed by atoms with van der Waals surface area (Å²) in [6.45, 7) is 0. The van der Waals surface area contributed by atoms with E-state index in [4.69, 9.17) is 0 Å². The second-order valence-corrected chi connectivity index (χ2v) is 5.68. The molecule has 0 bridgehead atoms. The van der Waals surface area contributed by atoms with Gasteiger partial charge in [-0.1, -0.05) is 0 Å². The average Bonchev–Trinajstić information content (AvgIpc) is 2.88. The van der Waals surface area contributed by atoms with Crippen molar-refractivity contribution in [2.75, 3.05) is 0 Å². The summed E-state index contributed by atoms with van der Waals surface area (Å²) in [6, 6.07) is 0. The summed E-state index contributed by atoms with van der Waals surface area (Å²) in [6.07, 6.45) is 0. The third-order valence-electron chi connectivity index (χ3n) is 4.05. The van der Waals surface area contributed by atoms with Crippen LogP contribution in [0.5, 0.6) is 0 Å². The van der Waals surface area contributed by atoms with Crippen LogP contribution in [-0.4, -0.2) is 12.1 Å². The maximum Gasteiger partial charge on any atom is 0.500 e.